The Kier molecular flexibility index (Phi) is 6.38. The normalized spacial score (nSPS) is 13.5. The van der Waals surface area contributed by atoms with Crippen LogP contribution in [0.5, 0.6) is 17.2 Å². The van der Waals surface area contributed by atoms with Crippen molar-refractivity contribution >= 4 is 11.6 Å². The topological polar surface area (TPSA) is 60.0 Å². The van der Waals surface area contributed by atoms with Crippen molar-refractivity contribution in [2.45, 2.75) is 12.6 Å². The fourth-order valence-electron chi connectivity index (χ4n) is 3.69. The third kappa shape index (κ3) is 4.98. The van der Waals surface area contributed by atoms with Gasteiger partial charge in [0.25, 0.3) is 0 Å². The average Bonchev–Trinajstić information content (AvgIpc) is 2.80. The van der Waals surface area contributed by atoms with Crippen molar-refractivity contribution in [1.82, 2.24) is 4.90 Å². The highest BCUT2D eigenvalue weighted by atomic mass is 16.6. The summed E-state index contributed by atoms with van der Waals surface area (Å²) in [6.45, 7) is 1.68. The maximum Gasteiger partial charge on any atom is 0.246 e. The van der Waals surface area contributed by atoms with Gasteiger partial charge in [0, 0.05) is 12.2 Å². The number of hydrogen-bond donors (Lipinski definition) is 1. The van der Waals surface area contributed by atoms with Crippen molar-refractivity contribution < 1.29 is 19.0 Å². The smallest absolute Gasteiger partial charge is 0.246 e. The maximum atomic E-state index is 13.3. The third-order valence-corrected chi connectivity index (χ3v) is 5.20. The Labute approximate surface area is 182 Å². The Morgan fingerprint density at radius 3 is 2.42 bits per heavy atom. The zero-order valence-corrected chi connectivity index (χ0v) is 17.7. The monoisotopic (exact) mass is 418 g/mol. The number of likely N-dealkylation sites (N-methyl/N-ethyl adjacent to an activating group) is 1. The van der Waals surface area contributed by atoms with Crippen LogP contribution in [-0.2, 0) is 11.3 Å². The molecule has 1 atom stereocenters. The molecule has 0 fully saturated rings. The van der Waals surface area contributed by atoms with Crippen molar-refractivity contribution in [3.63, 3.8) is 0 Å². The lowest BCUT2D eigenvalue weighted by Crippen LogP contribution is -2.34. The van der Waals surface area contributed by atoms with E-state index in [0.717, 1.165) is 34.1 Å². The van der Waals surface area contributed by atoms with E-state index in [0.29, 0.717) is 19.8 Å². The van der Waals surface area contributed by atoms with Gasteiger partial charge in [0.2, 0.25) is 5.91 Å². The minimum atomic E-state index is -0.462. The number of anilines is 1. The van der Waals surface area contributed by atoms with Crippen LogP contribution in [0.3, 0.4) is 0 Å². The van der Waals surface area contributed by atoms with Gasteiger partial charge in [-0.1, -0.05) is 36.4 Å². The SMILES string of the molecule is COc1ccc(NC(=O)C(c2ccccc2)N(C)Cc2ccc3c(c2)OCCO3)cc1. The Bertz CT molecular complexity index is 1020. The average molecular weight is 418 g/mol. The molecule has 0 aromatic heterocycles. The third-order valence-electron chi connectivity index (χ3n) is 5.20. The van der Waals surface area contributed by atoms with Crippen LogP contribution in [-0.4, -0.2) is 38.2 Å². The van der Waals surface area contributed by atoms with Gasteiger partial charge in [0.15, 0.2) is 11.5 Å². The minimum absolute atomic E-state index is 0.101. The zero-order chi connectivity index (χ0) is 21.6. The van der Waals surface area contributed by atoms with Gasteiger partial charge in [-0.25, -0.2) is 0 Å². The molecule has 0 spiro atoms. The number of nitrogens with zero attached hydrogens (tertiary/aromatic N) is 1. The summed E-state index contributed by atoms with van der Waals surface area (Å²) < 4.78 is 16.5. The second-order valence-electron chi connectivity index (χ2n) is 7.42. The molecule has 160 valence electrons. The van der Waals surface area contributed by atoms with Crippen LogP contribution >= 0.6 is 0 Å². The van der Waals surface area contributed by atoms with Gasteiger partial charge in [-0.3, -0.25) is 9.69 Å². The van der Waals surface area contributed by atoms with E-state index in [1.165, 1.54) is 0 Å². The molecule has 0 saturated carbocycles. The highest BCUT2D eigenvalue weighted by molar-refractivity contribution is 5.95. The Morgan fingerprint density at radius 1 is 1.00 bits per heavy atom. The standard InChI is InChI=1S/C25H26N2O4/c1-27(17-18-8-13-22-23(16-18)31-15-14-30-22)24(19-6-4-3-5-7-19)25(28)26-20-9-11-21(29-2)12-10-20/h3-13,16,24H,14-15,17H2,1-2H3,(H,26,28). The van der Waals surface area contributed by atoms with Gasteiger partial charge < -0.3 is 19.5 Å². The van der Waals surface area contributed by atoms with Crippen LogP contribution < -0.4 is 19.5 Å². The van der Waals surface area contributed by atoms with E-state index in [-0.39, 0.29) is 5.91 Å². The first-order valence-electron chi connectivity index (χ1n) is 10.2. The molecule has 1 amide bonds. The van der Waals surface area contributed by atoms with Gasteiger partial charge in [0.05, 0.1) is 7.11 Å². The van der Waals surface area contributed by atoms with E-state index in [1.54, 1.807) is 7.11 Å². The molecule has 1 aliphatic heterocycles. The summed E-state index contributed by atoms with van der Waals surface area (Å²) in [4.78, 5) is 15.3. The molecule has 0 saturated heterocycles. The highest BCUT2D eigenvalue weighted by Gasteiger charge is 2.26. The number of carbonyl (C=O) groups is 1. The molecule has 31 heavy (non-hydrogen) atoms. The summed E-state index contributed by atoms with van der Waals surface area (Å²) in [6, 6.07) is 22.5. The van der Waals surface area contributed by atoms with E-state index < -0.39 is 6.04 Å². The van der Waals surface area contributed by atoms with Gasteiger partial charge in [-0.15, -0.1) is 0 Å². The molecular formula is C25H26N2O4. The summed E-state index contributed by atoms with van der Waals surface area (Å²) in [5.41, 5.74) is 2.69. The fourth-order valence-corrected chi connectivity index (χ4v) is 3.69. The van der Waals surface area contributed by atoms with E-state index in [9.17, 15) is 4.79 Å². The summed E-state index contributed by atoms with van der Waals surface area (Å²) in [7, 11) is 3.56. The Balaban J connectivity index is 1.54. The van der Waals surface area contributed by atoms with E-state index in [2.05, 4.69) is 5.32 Å². The van der Waals surface area contributed by atoms with Crippen LogP contribution in [0.1, 0.15) is 17.2 Å². The number of nitrogens with one attached hydrogen (secondary N) is 1. The molecule has 0 bridgehead atoms. The molecule has 6 nitrogen and oxygen atoms in total. The summed E-state index contributed by atoms with van der Waals surface area (Å²) >= 11 is 0. The predicted octanol–water partition coefficient (Wildman–Crippen LogP) is 4.28. The van der Waals surface area contributed by atoms with Gasteiger partial charge in [-0.05, 0) is 54.6 Å². The lowest BCUT2D eigenvalue weighted by molar-refractivity contribution is -0.121. The summed E-state index contributed by atoms with van der Waals surface area (Å²) in [5.74, 6) is 2.15. The van der Waals surface area contributed by atoms with Crippen molar-refractivity contribution in [3.05, 3.63) is 83.9 Å². The van der Waals surface area contributed by atoms with E-state index >= 15 is 0 Å². The number of amides is 1. The van der Waals surface area contributed by atoms with Crippen LogP contribution in [0.15, 0.2) is 72.8 Å². The van der Waals surface area contributed by atoms with Crippen LogP contribution in [0, 0.1) is 0 Å². The summed E-state index contributed by atoms with van der Waals surface area (Å²) in [6.07, 6.45) is 0. The van der Waals surface area contributed by atoms with Crippen molar-refractivity contribution in [3.8, 4) is 17.2 Å². The number of ether oxygens (including phenoxy) is 3. The minimum Gasteiger partial charge on any atom is -0.497 e. The highest BCUT2D eigenvalue weighted by Crippen LogP contribution is 2.32. The molecule has 0 radical (unpaired) electrons. The number of hydrogen-bond acceptors (Lipinski definition) is 5. The van der Waals surface area contributed by atoms with Crippen LogP contribution in [0.25, 0.3) is 0 Å². The van der Waals surface area contributed by atoms with Crippen LogP contribution in [0.2, 0.25) is 0 Å². The second-order valence-corrected chi connectivity index (χ2v) is 7.42. The largest absolute Gasteiger partial charge is 0.497 e. The Hall–Kier alpha value is -3.51. The molecule has 0 aliphatic carbocycles. The summed E-state index contributed by atoms with van der Waals surface area (Å²) in [5, 5.41) is 3.03. The lowest BCUT2D eigenvalue weighted by Gasteiger charge is -2.28. The first-order chi connectivity index (χ1) is 15.1. The lowest BCUT2D eigenvalue weighted by atomic mass is 10.0. The number of rotatable bonds is 7. The molecule has 1 heterocycles. The molecule has 6 heteroatoms. The molecule has 1 N–H and O–H groups in total. The van der Waals surface area contributed by atoms with Crippen LogP contribution in [0.4, 0.5) is 5.69 Å². The first-order valence-corrected chi connectivity index (χ1v) is 10.2. The maximum absolute atomic E-state index is 13.3. The quantitative estimate of drug-likeness (QED) is 0.621. The number of carbonyl (C=O) groups excluding carboxylic acids is 1. The molecule has 1 unspecified atom stereocenters. The molecule has 4 rings (SSSR count). The number of methoxy groups -OCH3 is 1. The van der Waals surface area contributed by atoms with E-state index in [1.807, 2.05) is 84.7 Å². The second kappa shape index (κ2) is 9.53. The van der Waals surface area contributed by atoms with Gasteiger partial charge >= 0.3 is 0 Å². The molecule has 3 aromatic carbocycles. The van der Waals surface area contributed by atoms with Crippen molar-refractivity contribution in [2.24, 2.45) is 0 Å². The molecule has 3 aromatic rings. The first kappa shape index (κ1) is 20.8. The predicted molar refractivity (Wildman–Crippen MR) is 120 cm³/mol. The van der Waals surface area contributed by atoms with E-state index in [4.69, 9.17) is 14.2 Å². The van der Waals surface area contributed by atoms with Crippen molar-refractivity contribution in [2.75, 3.05) is 32.7 Å². The van der Waals surface area contributed by atoms with Gasteiger partial charge in [-0.2, -0.15) is 0 Å². The molecule has 1 aliphatic rings. The fraction of sp³-hybridized carbons (Fsp3) is 0.240. The number of benzene rings is 3. The Morgan fingerprint density at radius 2 is 1.71 bits per heavy atom. The number of fused-ring (bicyclic) bond motifs is 1. The molecular weight excluding hydrogens is 392 g/mol. The van der Waals surface area contributed by atoms with Gasteiger partial charge in [0.1, 0.15) is 25.0 Å². The van der Waals surface area contributed by atoms with Crippen molar-refractivity contribution in [1.29, 1.82) is 0 Å². The zero-order valence-electron chi connectivity index (χ0n) is 17.7.